The number of amides is 1. The second-order valence-electron chi connectivity index (χ2n) is 7.20. The predicted molar refractivity (Wildman–Crippen MR) is 98.7 cm³/mol. The van der Waals surface area contributed by atoms with E-state index in [1.165, 1.54) is 0 Å². The number of carbonyl (C=O) groups excluding carboxylic acids is 1. The highest BCUT2D eigenvalue weighted by molar-refractivity contribution is 6.31. The second kappa shape index (κ2) is 5.74. The molecule has 132 valence electrons. The van der Waals surface area contributed by atoms with Crippen LogP contribution in [0, 0.1) is 5.92 Å². The molecule has 0 aliphatic carbocycles. The Bertz CT molecular complexity index is 1080. The second-order valence-corrected chi connectivity index (χ2v) is 7.64. The lowest BCUT2D eigenvalue weighted by molar-refractivity contribution is 0.0566. The molecular formula is C20H17ClN2O3. The highest BCUT2D eigenvalue weighted by Crippen LogP contribution is 2.36. The summed E-state index contributed by atoms with van der Waals surface area (Å²) < 4.78 is 7.61. The molecule has 0 saturated carbocycles. The third-order valence-corrected chi connectivity index (χ3v) is 5.69. The number of carbonyl (C=O) groups is 1. The Balaban J connectivity index is 1.46. The molecule has 0 radical (unpaired) electrons. The maximum Gasteiger partial charge on any atom is 0.289 e. The van der Waals surface area contributed by atoms with Crippen molar-refractivity contribution < 1.29 is 9.21 Å². The van der Waals surface area contributed by atoms with Crippen LogP contribution < -0.4 is 5.56 Å². The van der Waals surface area contributed by atoms with E-state index in [4.69, 9.17) is 16.0 Å². The van der Waals surface area contributed by atoms with Gasteiger partial charge in [-0.25, -0.2) is 0 Å². The minimum absolute atomic E-state index is 0.0474. The molecule has 1 aromatic carbocycles. The summed E-state index contributed by atoms with van der Waals surface area (Å²) in [5, 5.41) is 1.45. The number of aromatic nitrogens is 1. The lowest BCUT2D eigenvalue weighted by atomic mass is 9.83. The Labute approximate surface area is 154 Å². The van der Waals surface area contributed by atoms with E-state index in [-0.39, 0.29) is 17.4 Å². The van der Waals surface area contributed by atoms with Gasteiger partial charge in [-0.15, -0.1) is 0 Å². The van der Waals surface area contributed by atoms with Gasteiger partial charge in [0.1, 0.15) is 5.58 Å². The van der Waals surface area contributed by atoms with Gasteiger partial charge in [0.25, 0.3) is 11.5 Å². The van der Waals surface area contributed by atoms with Gasteiger partial charge in [0.15, 0.2) is 5.76 Å². The standard InChI is InChI=1S/C20H17ClN2O3/c21-15-4-5-17-13(7-15)8-18(26-17)20(25)22-9-12-6-14(11-22)16-2-1-3-19(24)23(16)10-12/h1-5,7-8,12,14H,6,9-11H2/t12-,14-/m0/s1. The van der Waals surface area contributed by atoms with E-state index in [0.717, 1.165) is 17.5 Å². The number of pyridine rings is 1. The molecule has 1 amide bonds. The zero-order chi connectivity index (χ0) is 17.8. The quantitative estimate of drug-likeness (QED) is 0.660. The number of furan rings is 1. The molecule has 0 N–H and O–H groups in total. The van der Waals surface area contributed by atoms with Crippen LogP contribution in [0.1, 0.15) is 28.6 Å². The molecule has 2 aliphatic heterocycles. The number of rotatable bonds is 1. The first kappa shape index (κ1) is 15.7. The highest BCUT2D eigenvalue weighted by Gasteiger charge is 2.37. The maximum absolute atomic E-state index is 13.0. The molecule has 2 aliphatic rings. The number of nitrogens with zero attached hydrogens (tertiary/aromatic N) is 2. The first-order valence-electron chi connectivity index (χ1n) is 8.76. The molecule has 2 bridgehead atoms. The third kappa shape index (κ3) is 2.46. The number of fused-ring (bicyclic) bond motifs is 5. The largest absolute Gasteiger partial charge is 0.451 e. The van der Waals surface area contributed by atoms with Crippen molar-refractivity contribution in [3.05, 3.63) is 69.3 Å². The van der Waals surface area contributed by atoms with Crippen LogP contribution in [0.4, 0.5) is 0 Å². The fourth-order valence-corrected chi connectivity index (χ4v) is 4.52. The molecule has 3 aromatic rings. The van der Waals surface area contributed by atoms with Crippen molar-refractivity contribution in [1.82, 2.24) is 9.47 Å². The van der Waals surface area contributed by atoms with Crippen LogP contribution in [0.15, 0.2) is 51.7 Å². The summed E-state index contributed by atoms with van der Waals surface area (Å²) in [6, 6.07) is 12.5. The van der Waals surface area contributed by atoms with Gasteiger partial charge in [0.05, 0.1) is 0 Å². The molecule has 6 heteroatoms. The topological polar surface area (TPSA) is 55.5 Å². The summed E-state index contributed by atoms with van der Waals surface area (Å²) in [5.74, 6) is 0.731. The van der Waals surface area contributed by atoms with Crippen molar-refractivity contribution in [2.45, 2.75) is 18.9 Å². The number of hydrogen-bond donors (Lipinski definition) is 0. The van der Waals surface area contributed by atoms with E-state index in [1.807, 2.05) is 15.5 Å². The van der Waals surface area contributed by atoms with Gasteiger partial charge < -0.3 is 13.9 Å². The van der Waals surface area contributed by atoms with Crippen molar-refractivity contribution in [3.63, 3.8) is 0 Å². The molecule has 5 rings (SSSR count). The van der Waals surface area contributed by atoms with Crippen LogP contribution in [-0.2, 0) is 6.54 Å². The number of benzene rings is 1. The Kier molecular flexibility index (Phi) is 3.47. The Hall–Kier alpha value is -2.53. The molecule has 0 unspecified atom stereocenters. The zero-order valence-corrected chi connectivity index (χ0v) is 14.8. The smallest absolute Gasteiger partial charge is 0.289 e. The average molecular weight is 369 g/mol. The first-order chi connectivity index (χ1) is 12.6. The number of likely N-dealkylation sites (tertiary alicyclic amines) is 1. The Morgan fingerprint density at radius 2 is 2.00 bits per heavy atom. The summed E-state index contributed by atoms with van der Waals surface area (Å²) in [4.78, 5) is 27.0. The molecule has 4 heterocycles. The minimum Gasteiger partial charge on any atom is -0.451 e. The van der Waals surface area contributed by atoms with Gasteiger partial charge in [0.2, 0.25) is 0 Å². The van der Waals surface area contributed by atoms with Crippen LogP contribution >= 0.6 is 11.6 Å². The Morgan fingerprint density at radius 1 is 1.12 bits per heavy atom. The number of hydrogen-bond acceptors (Lipinski definition) is 3. The highest BCUT2D eigenvalue weighted by atomic mass is 35.5. The monoisotopic (exact) mass is 368 g/mol. The summed E-state index contributed by atoms with van der Waals surface area (Å²) in [6.07, 6.45) is 1.02. The van der Waals surface area contributed by atoms with Crippen molar-refractivity contribution in [2.75, 3.05) is 13.1 Å². The molecule has 1 fully saturated rings. The molecule has 1 saturated heterocycles. The van der Waals surface area contributed by atoms with E-state index < -0.39 is 0 Å². The van der Waals surface area contributed by atoms with E-state index >= 15 is 0 Å². The van der Waals surface area contributed by atoms with E-state index in [0.29, 0.717) is 41.9 Å². The fraction of sp³-hybridized carbons (Fsp3) is 0.300. The normalized spacial score (nSPS) is 21.7. The van der Waals surface area contributed by atoms with Crippen molar-refractivity contribution >= 4 is 28.5 Å². The van der Waals surface area contributed by atoms with Gasteiger partial charge >= 0.3 is 0 Å². The summed E-state index contributed by atoms with van der Waals surface area (Å²) in [7, 11) is 0. The van der Waals surface area contributed by atoms with E-state index in [9.17, 15) is 9.59 Å². The molecule has 26 heavy (non-hydrogen) atoms. The third-order valence-electron chi connectivity index (χ3n) is 5.46. The van der Waals surface area contributed by atoms with Crippen molar-refractivity contribution in [3.8, 4) is 0 Å². The van der Waals surface area contributed by atoms with Crippen LogP contribution in [0.25, 0.3) is 11.0 Å². The zero-order valence-electron chi connectivity index (χ0n) is 14.0. The van der Waals surface area contributed by atoms with Crippen molar-refractivity contribution in [2.24, 2.45) is 5.92 Å². The number of halogens is 1. The molecule has 5 nitrogen and oxygen atoms in total. The summed E-state index contributed by atoms with van der Waals surface area (Å²) >= 11 is 6.02. The van der Waals surface area contributed by atoms with Crippen molar-refractivity contribution in [1.29, 1.82) is 0 Å². The van der Waals surface area contributed by atoms with Crippen LogP contribution in [-0.4, -0.2) is 28.5 Å². The van der Waals surface area contributed by atoms with Gasteiger partial charge in [-0.1, -0.05) is 17.7 Å². The lowest BCUT2D eigenvalue weighted by Gasteiger charge is -2.42. The van der Waals surface area contributed by atoms with Crippen LogP contribution in [0.5, 0.6) is 0 Å². The van der Waals surface area contributed by atoms with Gasteiger partial charge in [-0.05, 0) is 42.7 Å². The molecular weight excluding hydrogens is 352 g/mol. The van der Waals surface area contributed by atoms with E-state index in [2.05, 4.69) is 0 Å². The fourth-order valence-electron chi connectivity index (χ4n) is 4.34. The Morgan fingerprint density at radius 3 is 2.88 bits per heavy atom. The minimum atomic E-state index is -0.0984. The maximum atomic E-state index is 13.0. The SMILES string of the molecule is O=C(c1cc2cc(Cl)ccc2o1)N1C[C@@H]2C[C@@H](C1)c1cccc(=O)n1C2. The summed E-state index contributed by atoms with van der Waals surface area (Å²) in [5.41, 5.74) is 1.74. The van der Waals surface area contributed by atoms with Crippen LogP contribution in [0.2, 0.25) is 5.02 Å². The average Bonchev–Trinajstić information content (AvgIpc) is 3.05. The number of piperidine rings is 1. The molecule has 2 atom stereocenters. The van der Waals surface area contributed by atoms with Gasteiger partial charge in [0, 0.05) is 47.7 Å². The lowest BCUT2D eigenvalue weighted by Crippen LogP contribution is -2.49. The molecule has 2 aromatic heterocycles. The van der Waals surface area contributed by atoms with Gasteiger partial charge in [-0.3, -0.25) is 9.59 Å². The predicted octanol–water partition coefficient (Wildman–Crippen LogP) is 3.51. The first-order valence-corrected chi connectivity index (χ1v) is 9.14. The van der Waals surface area contributed by atoms with Gasteiger partial charge in [-0.2, -0.15) is 0 Å². The van der Waals surface area contributed by atoms with Crippen LogP contribution in [0.3, 0.4) is 0 Å². The summed E-state index contributed by atoms with van der Waals surface area (Å²) in [6.45, 7) is 1.93. The van der Waals surface area contributed by atoms with E-state index in [1.54, 1.807) is 36.4 Å². The molecule has 0 spiro atoms.